The summed E-state index contributed by atoms with van der Waals surface area (Å²) in [5.74, 6) is 0.0508. The van der Waals surface area contributed by atoms with E-state index in [2.05, 4.69) is 22.6 Å². The lowest BCUT2D eigenvalue weighted by Crippen LogP contribution is -2.29. The molecule has 0 aliphatic carbocycles. The van der Waals surface area contributed by atoms with E-state index in [0.717, 1.165) is 14.7 Å². The topological polar surface area (TPSA) is 20.3 Å². The van der Waals surface area contributed by atoms with E-state index in [4.69, 9.17) is 0 Å². The highest BCUT2D eigenvalue weighted by Crippen LogP contribution is 2.20. The van der Waals surface area contributed by atoms with Crippen LogP contribution in [0.2, 0.25) is 0 Å². The molecule has 0 radical (unpaired) electrons. The Bertz CT molecular complexity index is 568. The van der Waals surface area contributed by atoms with Crippen LogP contribution >= 0.6 is 22.6 Å². The molecule has 19 heavy (non-hydrogen) atoms. The monoisotopic (exact) mass is 365 g/mol. The minimum Gasteiger partial charge on any atom is -0.335 e. The number of rotatable bonds is 3. The highest BCUT2D eigenvalue weighted by Gasteiger charge is 2.18. The number of carbonyl (C=O) groups is 1. The Morgan fingerprint density at radius 3 is 2.42 bits per heavy atom. The zero-order valence-electron chi connectivity index (χ0n) is 11.0. The molecule has 2 nitrogen and oxygen atoms in total. The smallest absolute Gasteiger partial charge is 0.254 e. The Hall–Kier alpha value is -1.36. The molecule has 1 atom stereocenters. The molecule has 2 aromatic carbocycles. The highest BCUT2D eigenvalue weighted by molar-refractivity contribution is 14.1. The second-order valence-electron chi connectivity index (χ2n) is 4.51. The lowest BCUT2D eigenvalue weighted by molar-refractivity contribution is 0.0742. The van der Waals surface area contributed by atoms with Gasteiger partial charge >= 0.3 is 0 Å². The maximum atomic E-state index is 12.4. The van der Waals surface area contributed by atoms with E-state index in [-0.39, 0.29) is 11.9 Å². The molecular weight excluding hydrogens is 349 g/mol. The van der Waals surface area contributed by atoms with Crippen LogP contribution in [0.25, 0.3) is 0 Å². The summed E-state index contributed by atoms with van der Waals surface area (Å²) in [6.45, 7) is 2.04. The average Bonchev–Trinajstić information content (AvgIpc) is 2.46. The maximum absolute atomic E-state index is 12.4. The Kier molecular flexibility index (Phi) is 4.58. The lowest BCUT2D eigenvalue weighted by atomic mass is 10.1. The molecule has 0 aromatic heterocycles. The van der Waals surface area contributed by atoms with E-state index in [1.165, 1.54) is 0 Å². The summed E-state index contributed by atoms with van der Waals surface area (Å²) in [7, 11) is 1.85. The second kappa shape index (κ2) is 6.19. The van der Waals surface area contributed by atoms with Gasteiger partial charge in [-0.05, 0) is 53.3 Å². The van der Waals surface area contributed by atoms with Crippen molar-refractivity contribution in [2.45, 2.75) is 13.0 Å². The predicted octanol–water partition coefficient (Wildman–Crippen LogP) is 4.12. The average molecular weight is 365 g/mol. The number of nitrogens with zero attached hydrogens (tertiary/aromatic N) is 1. The predicted molar refractivity (Wildman–Crippen MR) is 86.1 cm³/mol. The summed E-state index contributed by atoms with van der Waals surface area (Å²) in [5, 5.41) is 0. The van der Waals surface area contributed by atoms with E-state index in [1.54, 1.807) is 4.90 Å². The fourth-order valence-corrected chi connectivity index (χ4v) is 2.50. The largest absolute Gasteiger partial charge is 0.335 e. The van der Waals surface area contributed by atoms with Gasteiger partial charge in [0, 0.05) is 16.2 Å². The van der Waals surface area contributed by atoms with E-state index >= 15 is 0 Å². The number of hydrogen-bond acceptors (Lipinski definition) is 1. The summed E-state index contributed by atoms with van der Waals surface area (Å²) in [6, 6.07) is 17.8. The number of carbonyl (C=O) groups excluding carboxylic acids is 1. The van der Waals surface area contributed by atoms with Gasteiger partial charge in [-0.1, -0.05) is 36.4 Å². The Balaban J connectivity index is 2.20. The van der Waals surface area contributed by atoms with Crippen LogP contribution in [-0.2, 0) is 0 Å². The Morgan fingerprint density at radius 2 is 1.79 bits per heavy atom. The maximum Gasteiger partial charge on any atom is 0.254 e. The zero-order chi connectivity index (χ0) is 13.8. The molecule has 0 N–H and O–H groups in total. The molecule has 1 amide bonds. The third kappa shape index (κ3) is 3.35. The van der Waals surface area contributed by atoms with Crippen molar-refractivity contribution in [1.82, 2.24) is 4.90 Å². The highest BCUT2D eigenvalue weighted by atomic mass is 127. The first kappa shape index (κ1) is 14.1. The van der Waals surface area contributed by atoms with Gasteiger partial charge in [-0.3, -0.25) is 4.79 Å². The van der Waals surface area contributed by atoms with Crippen LogP contribution < -0.4 is 0 Å². The van der Waals surface area contributed by atoms with Crippen LogP contribution in [-0.4, -0.2) is 17.9 Å². The number of halogens is 1. The van der Waals surface area contributed by atoms with Crippen LogP contribution in [0.15, 0.2) is 54.6 Å². The first-order valence-electron chi connectivity index (χ1n) is 6.17. The first-order valence-corrected chi connectivity index (χ1v) is 7.25. The lowest BCUT2D eigenvalue weighted by Gasteiger charge is -2.25. The Morgan fingerprint density at radius 1 is 1.11 bits per heavy atom. The molecule has 0 saturated heterocycles. The third-order valence-corrected chi connectivity index (χ3v) is 3.93. The molecule has 2 aromatic rings. The number of hydrogen-bond donors (Lipinski definition) is 0. The summed E-state index contributed by atoms with van der Waals surface area (Å²) in [5.41, 5.74) is 1.88. The number of benzene rings is 2. The molecule has 0 heterocycles. The van der Waals surface area contributed by atoms with Gasteiger partial charge < -0.3 is 4.90 Å². The summed E-state index contributed by atoms with van der Waals surface area (Å²) in [4.78, 5) is 14.2. The minimum absolute atomic E-state index is 0.0508. The fourth-order valence-electron chi connectivity index (χ4n) is 1.96. The molecule has 0 bridgehead atoms. The van der Waals surface area contributed by atoms with Crippen molar-refractivity contribution in [1.29, 1.82) is 0 Å². The first-order chi connectivity index (χ1) is 9.09. The molecule has 98 valence electrons. The SMILES string of the molecule is CC(c1ccccc1)N(C)C(=O)c1cccc(I)c1. The van der Waals surface area contributed by atoms with E-state index < -0.39 is 0 Å². The normalized spacial score (nSPS) is 11.9. The van der Waals surface area contributed by atoms with Crippen LogP contribution in [0.4, 0.5) is 0 Å². The minimum atomic E-state index is 0.0508. The van der Waals surface area contributed by atoms with Crippen molar-refractivity contribution < 1.29 is 4.79 Å². The van der Waals surface area contributed by atoms with Crippen molar-refractivity contribution >= 4 is 28.5 Å². The molecule has 2 rings (SSSR count). The van der Waals surface area contributed by atoms with Crippen molar-refractivity contribution in [3.05, 3.63) is 69.3 Å². The van der Waals surface area contributed by atoms with Crippen LogP contribution in [0, 0.1) is 3.57 Å². The third-order valence-electron chi connectivity index (χ3n) is 3.25. The van der Waals surface area contributed by atoms with E-state index in [0.29, 0.717) is 0 Å². The molecule has 0 saturated carbocycles. The molecule has 0 aliphatic rings. The fraction of sp³-hybridized carbons (Fsp3) is 0.188. The molecular formula is C16H16INO. The quantitative estimate of drug-likeness (QED) is 0.750. The van der Waals surface area contributed by atoms with Crippen molar-refractivity contribution in [3.8, 4) is 0 Å². The van der Waals surface area contributed by atoms with E-state index in [1.807, 2.05) is 68.6 Å². The van der Waals surface area contributed by atoms with Gasteiger partial charge in [-0.15, -0.1) is 0 Å². The molecule has 1 unspecified atom stereocenters. The summed E-state index contributed by atoms with van der Waals surface area (Å²) in [6.07, 6.45) is 0. The molecule has 0 aliphatic heterocycles. The molecule has 0 fully saturated rings. The van der Waals surface area contributed by atoms with Crippen LogP contribution in [0.5, 0.6) is 0 Å². The van der Waals surface area contributed by atoms with Gasteiger partial charge in [-0.25, -0.2) is 0 Å². The second-order valence-corrected chi connectivity index (χ2v) is 5.76. The van der Waals surface area contributed by atoms with Crippen LogP contribution in [0.3, 0.4) is 0 Å². The van der Waals surface area contributed by atoms with Crippen molar-refractivity contribution in [2.24, 2.45) is 0 Å². The Labute approximate surface area is 127 Å². The van der Waals surface area contributed by atoms with Gasteiger partial charge in [0.15, 0.2) is 0 Å². The van der Waals surface area contributed by atoms with Crippen LogP contribution in [0.1, 0.15) is 28.9 Å². The van der Waals surface area contributed by atoms with Gasteiger partial charge in [-0.2, -0.15) is 0 Å². The van der Waals surface area contributed by atoms with Gasteiger partial charge in [0.05, 0.1) is 6.04 Å². The van der Waals surface area contributed by atoms with Gasteiger partial charge in [0.25, 0.3) is 5.91 Å². The molecule has 3 heteroatoms. The molecule has 0 spiro atoms. The van der Waals surface area contributed by atoms with Crippen molar-refractivity contribution in [3.63, 3.8) is 0 Å². The van der Waals surface area contributed by atoms with E-state index in [9.17, 15) is 4.79 Å². The van der Waals surface area contributed by atoms with Gasteiger partial charge in [0.1, 0.15) is 0 Å². The number of amides is 1. The standard InChI is InChI=1S/C16H16INO/c1-12(13-7-4-3-5-8-13)18(2)16(19)14-9-6-10-15(17)11-14/h3-12H,1-2H3. The summed E-state index contributed by atoms with van der Waals surface area (Å²) >= 11 is 2.22. The summed E-state index contributed by atoms with van der Waals surface area (Å²) < 4.78 is 1.07. The van der Waals surface area contributed by atoms with Crippen molar-refractivity contribution in [2.75, 3.05) is 7.05 Å². The zero-order valence-corrected chi connectivity index (χ0v) is 13.2. The van der Waals surface area contributed by atoms with Gasteiger partial charge in [0.2, 0.25) is 0 Å².